The van der Waals surface area contributed by atoms with E-state index in [0.717, 1.165) is 41.2 Å². The molecule has 4 aliphatic rings. The summed E-state index contributed by atoms with van der Waals surface area (Å²) in [5.74, 6) is 3.59. The predicted molar refractivity (Wildman–Crippen MR) is 158 cm³/mol. The average Bonchev–Trinajstić information content (AvgIpc) is 2.85. The van der Waals surface area contributed by atoms with Gasteiger partial charge in [-0.05, 0) is 122 Å². The highest BCUT2D eigenvalue weighted by Gasteiger charge is 2.53. The first-order chi connectivity index (χ1) is 18.8. The van der Waals surface area contributed by atoms with Crippen LogP contribution in [0.4, 0.5) is 13.2 Å². The van der Waals surface area contributed by atoms with Gasteiger partial charge in [0.05, 0.1) is 5.56 Å². The van der Waals surface area contributed by atoms with E-state index in [-0.39, 0.29) is 16.4 Å². The van der Waals surface area contributed by atoms with E-state index in [4.69, 9.17) is 4.43 Å². The van der Waals surface area contributed by atoms with Crippen molar-refractivity contribution < 1.29 is 22.4 Å². The summed E-state index contributed by atoms with van der Waals surface area (Å²) in [5.41, 5.74) is 3.98. The number of aldehydes is 1. The molecule has 2 aromatic rings. The van der Waals surface area contributed by atoms with Crippen molar-refractivity contribution in [2.75, 3.05) is 0 Å². The van der Waals surface area contributed by atoms with Gasteiger partial charge in [0.25, 0.3) is 0 Å². The average molecular weight is 569 g/mol. The molecule has 4 aliphatic carbocycles. The molecule has 0 unspecified atom stereocenters. The Morgan fingerprint density at radius 1 is 1.00 bits per heavy atom. The maximum atomic E-state index is 13.2. The summed E-state index contributed by atoms with van der Waals surface area (Å²) in [6.07, 6.45) is 7.28. The van der Waals surface area contributed by atoms with Crippen LogP contribution in [0.2, 0.25) is 13.1 Å². The van der Waals surface area contributed by atoms with Crippen molar-refractivity contribution in [3.63, 3.8) is 0 Å². The summed E-state index contributed by atoms with van der Waals surface area (Å²) in [5, 5.41) is 0. The smallest absolute Gasteiger partial charge is 0.416 e. The minimum absolute atomic E-state index is 0.0882. The number of halogens is 3. The monoisotopic (exact) mass is 568 g/mol. The van der Waals surface area contributed by atoms with E-state index >= 15 is 0 Å². The summed E-state index contributed by atoms with van der Waals surface area (Å²) in [6, 6.07) is 9.63. The molecular formula is C34H43F3O2Si. The molecular weight excluding hydrogens is 525 g/mol. The molecule has 0 amide bonds. The summed E-state index contributed by atoms with van der Waals surface area (Å²) >= 11 is 0. The number of carbonyl (C=O) groups excluding carboxylic acids is 1. The molecule has 4 saturated carbocycles. The first kappa shape index (κ1) is 29.2. The third kappa shape index (κ3) is 5.84. The molecule has 0 spiro atoms. The molecule has 2 nitrogen and oxygen atoms in total. The van der Waals surface area contributed by atoms with Gasteiger partial charge in [0.1, 0.15) is 12.0 Å². The molecule has 2 aromatic carbocycles. The van der Waals surface area contributed by atoms with E-state index in [1.807, 2.05) is 0 Å². The Labute approximate surface area is 239 Å². The highest BCUT2D eigenvalue weighted by molar-refractivity contribution is 6.49. The highest BCUT2D eigenvalue weighted by Crippen LogP contribution is 2.62. The lowest BCUT2D eigenvalue weighted by molar-refractivity contribution is -0.137. The second-order valence-corrected chi connectivity index (χ2v) is 16.3. The Morgan fingerprint density at radius 2 is 1.62 bits per heavy atom. The molecule has 0 N–H and O–H groups in total. The topological polar surface area (TPSA) is 26.3 Å². The Balaban J connectivity index is 1.49. The fourth-order valence-corrected chi connectivity index (χ4v) is 9.05. The number of allylic oxidation sites excluding steroid dienone is 2. The Morgan fingerprint density at radius 3 is 2.15 bits per heavy atom. The molecule has 4 bridgehead atoms. The molecule has 6 heteroatoms. The molecule has 0 aromatic heterocycles. The van der Waals surface area contributed by atoms with E-state index < -0.39 is 20.8 Å². The second-order valence-electron chi connectivity index (χ2n) is 14.0. The summed E-state index contributed by atoms with van der Waals surface area (Å²) < 4.78 is 46.5. The predicted octanol–water partition coefficient (Wildman–Crippen LogP) is 9.05. The lowest BCUT2D eigenvalue weighted by Crippen LogP contribution is -2.49. The minimum Gasteiger partial charge on any atom is -0.547 e. The van der Waals surface area contributed by atoms with E-state index in [9.17, 15) is 18.0 Å². The van der Waals surface area contributed by atoms with Crippen LogP contribution in [0.3, 0.4) is 0 Å². The Bertz CT molecular complexity index is 1250. The highest BCUT2D eigenvalue weighted by atomic mass is 28.3. The lowest BCUT2D eigenvalue weighted by Gasteiger charge is -2.58. The van der Waals surface area contributed by atoms with E-state index in [1.54, 1.807) is 12.1 Å². The van der Waals surface area contributed by atoms with Crippen molar-refractivity contribution in [1.82, 2.24) is 0 Å². The van der Waals surface area contributed by atoms with Crippen molar-refractivity contribution in [3.05, 3.63) is 70.3 Å². The summed E-state index contributed by atoms with van der Waals surface area (Å²) in [7, 11) is -1.43. The first-order valence-electron chi connectivity index (χ1n) is 15.0. The summed E-state index contributed by atoms with van der Waals surface area (Å²) in [6.45, 7) is 11.3. The standard InChI is InChI=1S/C34H43F3O2Si/c1-32(2,3)30-29(33-18-22-14-23(19-33)16-24(15-22)20-33)13-12-25(31(30)39-40(4)5)8-6-10-27(21-38)26-9-7-11-28(17-26)34(35,36)37/h7,9-13,17,21-24,40H,6,8,14-16,18-20H2,1-5H3. The number of hydrogen-bond acceptors (Lipinski definition) is 2. The fraction of sp³-hybridized carbons (Fsp3) is 0.559. The molecule has 0 heterocycles. The normalized spacial score (nSPS) is 26.4. The summed E-state index contributed by atoms with van der Waals surface area (Å²) in [4.78, 5) is 11.9. The van der Waals surface area contributed by atoms with E-state index in [1.165, 1.54) is 55.7 Å². The van der Waals surface area contributed by atoms with Crippen molar-refractivity contribution in [2.45, 2.75) is 102 Å². The number of benzene rings is 2. The van der Waals surface area contributed by atoms with Crippen LogP contribution in [0, 0.1) is 17.8 Å². The van der Waals surface area contributed by atoms with Gasteiger partial charge < -0.3 is 4.43 Å². The maximum Gasteiger partial charge on any atom is 0.416 e. The molecule has 216 valence electrons. The van der Waals surface area contributed by atoms with Crippen LogP contribution in [-0.4, -0.2) is 15.3 Å². The Hall–Kier alpha value is -2.34. The van der Waals surface area contributed by atoms with Crippen LogP contribution in [0.15, 0.2) is 42.5 Å². The van der Waals surface area contributed by atoms with Crippen molar-refractivity contribution in [3.8, 4) is 5.75 Å². The van der Waals surface area contributed by atoms with Gasteiger partial charge in [-0.1, -0.05) is 51.1 Å². The third-order valence-corrected chi connectivity index (χ3v) is 10.1. The zero-order chi connectivity index (χ0) is 28.9. The minimum atomic E-state index is -4.45. The molecule has 0 radical (unpaired) electrons. The zero-order valence-corrected chi connectivity index (χ0v) is 25.7. The largest absolute Gasteiger partial charge is 0.547 e. The van der Waals surface area contributed by atoms with Crippen LogP contribution in [0.25, 0.3) is 5.57 Å². The van der Waals surface area contributed by atoms with Crippen molar-refractivity contribution in [1.29, 1.82) is 0 Å². The molecule has 40 heavy (non-hydrogen) atoms. The second kappa shape index (κ2) is 10.8. The molecule has 0 aliphatic heterocycles. The first-order valence-corrected chi connectivity index (χ1v) is 17.7. The molecule has 0 saturated heterocycles. The molecule has 0 atom stereocenters. The fourth-order valence-electron chi connectivity index (χ4n) is 8.31. The van der Waals surface area contributed by atoms with Gasteiger partial charge in [0.15, 0.2) is 0 Å². The molecule has 6 rings (SSSR count). The van der Waals surface area contributed by atoms with Crippen LogP contribution in [0.1, 0.15) is 93.5 Å². The third-order valence-electron chi connectivity index (χ3n) is 9.38. The number of aryl methyl sites for hydroxylation is 1. The van der Waals surface area contributed by atoms with Gasteiger partial charge in [-0.25, -0.2) is 0 Å². The van der Waals surface area contributed by atoms with Gasteiger partial charge in [-0.2, -0.15) is 13.2 Å². The van der Waals surface area contributed by atoms with Crippen LogP contribution < -0.4 is 4.43 Å². The van der Waals surface area contributed by atoms with Gasteiger partial charge in [0, 0.05) is 11.1 Å². The van der Waals surface area contributed by atoms with E-state index in [2.05, 4.69) is 46.0 Å². The zero-order valence-electron chi connectivity index (χ0n) is 24.5. The van der Waals surface area contributed by atoms with Gasteiger partial charge in [0.2, 0.25) is 9.04 Å². The van der Waals surface area contributed by atoms with Gasteiger partial charge >= 0.3 is 6.18 Å². The van der Waals surface area contributed by atoms with Gasteiger partial charge in [-0.3, -0.25) is 4.79 Å². The number of carbonyl (C=O) groups is 1. The SMILES string of the molecule is C[SiH](C)Oc1c(CCC=C(C=O)c2cccc(C(F)(F)F)c2)ccc(C23CC4CC(CC(C4)C2)C3)c1C(C)(C)C. The Kier molecular flexibility index (Phi) is 7.88. The number of alkyl halides is 3. The van der Waals surface area contributed by atoms with Crippen LogP contribution in [-0.2, 0) is 28.2 Å². The van der Waals surface area contributed by atoms with Gasteiger partial charge in [-0.15, -0.1) is 0 Å². The lowest BCUT2D eigenvalue weighted by atomic mass is 9.47. The van der Waals surface area contributed by atoms with Crippen molar-refractivity contribution >= 4 is 20.9 Å². The number of rotatable bonds is 8. The maximum absolute atomic E-state index is 13.2. The van der Waals surface area contributed by atoms with Crippen molar-refractivity contribution in [2.24, 2.45) is 17.8 Å². The van der Waals surface area contributed by atoms with Crippen LogP contribution >= 0.6 is 0 Å². The van der Waals surface area contributed by atoms with E-state index in [0.29, 0.717) is 24.7 Å². The molecule has 4 fully saturated rings. The number of hydrogen-bond donors (Lipinski definition) is 0. The quantitative estimate of drug-likeness (QED) is 0.180. The van der Waals surface area contributed by atoms with Crippen LogP contribution in [0.5, 0.6) is 5.75 Å².